The van der Waals surface area contributed by atoms with E-state index in [-0.39, 0.29) is 5.12 Å². The van der Waals surface area contributed by atoms with Crippen LogP contribution in [-0.2, 0) is 4.79 Å². The van der Waals surface area contributed by atoms with Crippen molar-refractivity contribution in [3.05, 3.63) is 12.7 Å². The van der Waals surface area contributed by atoms with E-state index in [1.54, 1.807) is 0 Å². The van der Waals surface area contributed by atoms with Gasteiger partial charge in [0.2, 0.25) is 5.12 Å². The summed E-state index contributed by atoms with van der Waals surface area (Å²) in [5, 5.41) is -0.0586. The largest absolute Gasteiger partial charge is 0.286 e. The van der Waals surface area contributed by atoms with E-state index >= 15 is 0 Å². The quantitative estimate of drug-likeness (QED) is 0.540. The highest BCUT2D eigenvalue weighted by atomic mass is 35.7. The van der Waals surface area contributed by atoms with Gasteiger partial charge in [-0.05, 0) is 10.7 Å². The fourth-order valence-electron chi connectivity index (χ4n) is 0.149. The molecule has 0 aromatic carbocycles. The van der Waals surface area contributed by atoms with Crippen LogP contribution in [0.1, 0.15) is 6.42 Å². The molecule has 0 rings (SSSR count). The van der Waals surface area contributed by atoms with Gasteiger partial charge >= 0.3 is 0 Å². The highest BCUT2D eigenvalue weighted by Gasteiger charge is 1.92. The highest BCUT2D eigenvalue weighted by Crippen LogP contribution is 2.09. The lowest BCUT2D eigenvalue weighted by Crippen LogP contribution is -1.80. The van der Waals surface area contributed by atoms with Crippen LogP contribution in [-0.4, -0.2) is 5.12 Å². The van der Waals surface area contributed by atoms with Gasteiger partial charge in [0.15, 0.2) is 0 Å². The predicted octanol–water partition coefficient (Wildman–Crippen LogP) is 1.98. The van der Waals surface area contributed by atoms with Crippen molar-refractivity contribution in [3.8, 4) is 0 Å². The Bertz CT molecular complexity index is 81.8. The maximum absolute atomic E-state index is 10.2. The molecule has 0 aliphatic carbocycles. The maximum atomic E-state index is 10.2. The average molecular weight is 137 g/mol. The van der Waals surface area contributed by atoms with Gasteiger partial charge in [-0.2, -0.15) is 0 Å². The van der Waals surface area contributed by atoms with Gasteiger partial charge in [0.1, 0.15) is 0 Å². The third kappa shape index (κ3) is 3.89. The van der Waals surface area contributed by atoms with Gasteiger partial charge in [-0.15, -0.1) is 6.58 Å². The van der Waals surface area contributed by atoms with Crippen LogP contribution in [0.3, 0.4) is 0 Å². The molecule has 0 saturated heterocycles. The van der Waals surface area contributed by atoms with E-state index in [1.165, 1.54) is 6.08 Å². The third-order valence-electron chi connectivity index (χ3n) is 0.397. The molecule has 0 aliphatic rings. The molecule has 40 valence electrons. The van der Waals surface area contributed by atoms with E-state index in [0.29, 0.717) is 17.4 Å². The van der Waals surface area contributed by atoms with Crippen LogP contribution in [0.25, 0.3) is 0 Å². The summed E-state index contributed by atoms with van der Waals surface area (Å²) in [6.45, 7) is 3.36. The molecule has 0 amide bonds. The molecule has 1 nitrogen and oxygen atoms in total. The number of halogens is 1. The zero-order valence-electron chi connectivity index (χ0n) is 3.69. The number of hydrogen-bond donors (Lipinski definition) is 0. The molecule has 3 heteroatoms. The molecular formula is C4H5ClOS. The van der Waals surface area contributed by atoms with Crippen molar-refractivity contribution in [2.24, 2.45) is 0 Å². The fourth-order valence-corrected chi connectivity index (χ4v) is 0.519. The molecule has 0 bridgehead atoms. The summed E-state index contributed by atoms with van der Waals surface area (Å²) >= 11 is 0. The first-order valence-electron chi connectivity index (χ1n) is 1.73. The van der Waals surface area contributed by atoms with Crippen LogP contribution in [0, 0.1) is 0 Å². The Morgan fingerprint density at radius 3 is 2.71 bits per heavy atom. The third-order valence-corrected chi connectivity index (χ3v) is 1.25. The minimum atomic E-state index is -0.0586. The van der Waals surface area contributed by atoms with Crippen LogP contribution in [0.15, 0.2) is 12.7 Å². The number of carbonyl (C=O) groups excluding carboxylic acids is 1. The molecule has 7 heavy (non-hydrogen) atoms. The van der Waals surface area contributed by atoms with Crippen molar-refractivity contribution in [1.29, 1.82) is 0 Å². The van der Waals surface area contributed by atoms with Crippen LogP contribution < -0.4 is 0 Å². The fraction of sp³-hybridized carbons (Fsp3) is 0.250. The molecule has 0 radical (unpaired) electrons. The first kappa shape index (κ1) is 7.05. The maximum Gasteiger partial charge on any atom is 0.207 e. The molecule has 0 spiro atoms. The van der Waals surface area contributed by atoms with Crippen molar-refractivity contribution in [1.82, 2.24) is 0 Å². The summed E-state index contributed by atoms with van der Waals surface area (Å²) in [5.74, 6) is 0. The normalized spacial score (nSPS) is 8.14. The number of allylic oxidation sites excluding steroid dienone is 1. The summed E-state index contributed by atoms with van der Waals surface area (Å²) in [6.07, 6.45) is 1.88. The Labute approximate surface area is 51.2 Å². The lowest BCUT2D eigenvalue weighted by atomic mass is 10.5. The molecule has 0 aliphatic heterocycles. The smallest absolute Gasteiger partial charge is 0.207 e. The van der Waals surface area contributed by atoms with Crippen LogP contribution in [0.4, 0.5) is 0 Å². The summed E-state index contributed by atoms with van der Waals surface area (Å²) < 4.78 is 0. The Hall–Kier alpha value is 0.0500. The molecule has 0 atom stereocenters. The lowest BCUT2D eigenvalue weighted by molar-refractivity contribution is -0.110. The van der Waals surface area contributed by atoms with Gasteiger partial charge in [0.05, 0.1) is 0 Å². The van der Waals surface area contributed by atoms with Gasteiger partial charge in [0, 0.05) is 17.4 Å². The zero-order chi connectivity index (χ0) is 5.70. The molecule has 0 aromatic heterocycles. The summed E-state index contributed by atoms with van der Waals surface area (Å²) in [7, 11) is 5.76. The van der Waals surface area contributed by atoms with Gasteiger partial charge in [0.25, 0.3) is 0 Å². The second kappa shape index (κ2) is 4.22. The topological polar surface area (TPSA) is 17.1 Å². The Balaban J connectivity index is 3.17. The molecule has 0 heterocycles. The second-order valence-electron chi connectivity index (χ2n) is 0.942. The van der Waals surface area contributed by atoms with Crippen LogP contribution >= 0.6 is 21.7 Å². The summed E-state index contributed by atoms with van der Waals surface area (Å²) in [5.41, 5.74) is 0. The van der Waals surface area contributed by atoms with E-state index in [2.05, 4.69) is 6.58 Å². The minimum Gasteiger partial charge on any atom is -0.286 e. The monoisotopic (exact) mass is 136 g/mol. The number of carbonyl (C=O) groups is 1. The van der Waals surface area contributed by atoms with E-state index in [9.17, 15) is 4.79 Å². The van der Waals surface area contributed by atoms with Gasteiger partial charge < -0.3 is 0 Å². The van der Waals surface area contributed by atoms with Crippen LogP contribution in [0.2, 0.25) is 0 Å². The average Bonchev–Trinajstić information content (AvgIpc) is 1.68. The van der Waals surface area contributed by atoms with Crippen molar-refractivity contribution >= 4 is 26.8 Å². The summed E-state index contributed by atoms with van der Waals surface area (Å²) in [4.78, 5) is 10.2. The van der Waals surface area contributed by atoms with Gasteiger partial charge in [-0.1, -0.05) is 6.08 Å². The molecule has 0 aromatic rings. The molecular weight excluding hydrogens is 132 g/mol. The van der Waals surface area contributed by atoms with Crippen molar-refractivity contribution in [2.45, 2.75) is 6.42 Å². The standard InChI is InChI=1S/C4H5ClOS/c1-2-3-4(6)7-5/h2H,1,3H2. The van der Waals surface area contributed by atoms with E-state index in [0.717, 1.165) is 0 Å². The van der Waals surface area contributed by atoms with E-state index in [4.69, 9.17) is 10.7 Å². The van der Waals surface area contributed by atoms with Crippen LogP contribution in [0.5, 0.6) is 0 Å². The summed E-state index contributed by atoms with van der Waals surface area (Å²) in [6, 6.07) is 0. The molecule has 0 N–H and O–H groups in total. The van der Waals surface area contributed by atoms with Crippen molar-refractivity contribution in [3.63, 3.8) is 0 Å². The number of rotatable bonds is 2. The Kier molecular flexibility index (Phi) is 4.25. The Morgan fingerprint density at radius 1 is 2.00 bits per heavy atom. The van der Waals surface area contributed by atoms with Crippen molar-refractivity contribution < 1.29 is 4.79 Å². The first-order valence-corrected chi connectivity index (χ1v) is 3.38. The molecule has 0 unspecified atom stereocenters. The highest BCUT2D eigenvalue weighted by molar-refractivity contribution is 8.32. The first-order chi connectivity index (χ1) is 3.31. The van der Waals surface area contributed by atoms with Crippen molar-refractivity contribution in [2.75, 3.05) is 0 Å². The predicted molar refractivity (Wildman–Crippen MR) is 33.3 cm³/mol. The van der Waals surface area contributed by atoms with Gasteiger partial charge in [-0.3, -0.25) is 4.79 Å². The molecule has 0 fully saturated rings. The zero-order valence-corrected chi connectivity index (χ0v) is 5.26. The number of hydrogen-bond acceptors (Lipinski definition) is 2. The van der Waals surface area contributed by atoms with E-state index < -0.39 is 0 Å². The van der Waals surface area contributed by atoms with Gasteiger partial charge in [-0.25, -0.2) is 0 Å². The minimum absolute atomic E-state index is 0.0586. The second-order valence-corrected chi connectivity index (χ2v) is 2.01. The SMILES string of the molecule is C=CCC(=O)SCl. The van der Waals surface area contributed by atoms with E-state index in [1.807, 2.05) is 0 Å². The molecule has 0 saturated carbocycles. The lowest BCUT2D eigenvalue weighted by Gasteiger charge is -1.80. The Morgan fingerprint density at radius 2 is 2.57 bits per heavy atom.